The van der Waals surface area contributed by atoms with Gasteiger partial charge in [-0.3, -0.25) is 9.48 Å². The summed E-state index contributed by atoms with van der Waals surface area (Å²) in [5, 5.41) is 4.31. The minimum Gasteiger partial charge on any atom is -0.345 e. The van der Waals surface area contributed by atoms with Crippen molar-refractivity contribution in [1.82, 2.24) is 14.7 Å². The van der Waals surface area contributed by atoms with Crippen LogP contribution < -0.4 is 0 Å². The van der Waals surface area contributed by atoms with Crippen molar-refractivity contribution >= 4 is 5.91 Å². The molecular formula is C12H19N3O. The number of hydrogen-bond acceptors (Lipinski definition) is 2. The normalized spacial score (nSPS) is 17.4. The van der Waals surface area contributed by atoms with Crippen LogP contribution in [0.5, 0.6) is 0 Å². The standard InChI is InChI=1S/C12H19N3O/c1-14(2)12(16)10-8-13-15(9-10)11-6-4-3-5-7-11/h8-9,11H,3-7H2,1-2H3. The molecule has 0 atom stereocenters. The molecule has 0 unspecified atom stereocenters. The number of aromatic nitrogens is 2. The van der Waals surface area contributed by atoms with Crippen molar-refractivity contribution in [3.8, 4) is 0 Å². The first-order chi connectivity index (χ1) is 7.68. The number of amides is 1. The zero-order valence-electron chi connectivity index (χ0n) is 10.0. The third-order valence-electron chi connectivity index (χ3n) is 3.20. The van der Waals surface area contributed by atoms with Crippen LogP contribution in [0.3, 0.4) is 0 Å². The number of rotatable bonds is 2. The summed E-state index contributed by atoms with van der Waals surface area (Å²) in [5.74, 6) is 0.0297. The van der Waals surface area contributed by atoms with Gasteiger partial charge in [-0.1, -0.05) is 19.3 Å². The first-order valence-electron chi connectivity index (χ1n) is 5.94. The highest BCUT2D eigenvalue weighted by Gasteiger charge is 2.18. The smallest absolute Gasteiger partial charge is 0.256 e. The van der Waals surface area contributed by atoms with E-state index in [2.05, 4.69) is 5.10 Å². The Hall–Kier alpha value is -1.32. The van der Waals surface area contributed by atoms with Crippen LogP contribution in [0.1, 0.15) is 48.5 Å². The van der Waals surface area contributed by atoms with E-state index in [4.69, 9.17) is 0 Å². The molecular weight excluding hydrogens is 202 g/mol. The molecule has 1 amide bonds. The number of carbonyl (C=O) groups is 1. The van der Waals surface area contributed by atoms with Crippen molar-refractivity contribution in [3.05, 3.63) is 18.0 Å². The zero-order valence-corrected chi connectivity index (χ0v) is 10.0. The lowest BCUT2D eigenvalue weighted by Crippen LogP contribution is -2.21. The van der Waals surface area contributed by atoms with Gasteiger partial charge in [0, 0.05) is 20.3 Å². The van der Waals surface area contributed by atoms with Gasteiger partial charge in [0.2, 0.25) is 0 Å². The summed E-state index contributed by atoms with van der Waals surface area (Å²) in [6, 6.07) is 0.498. The van der Waals surface area contributed by atoms with E-state index in [1.165, 1.54) is 32.1 Å². The van der Waals surface area contributed by atoms with Gasteiger partial charge >= 0.3 is 0 Å². The molecule has 0 aliphatic heterocycles. The van der Waals surface area contributed by atoms with Gasteiger partial charge in [0.05, 0.1) is 17.8 Å². The van der Waals surface area contributed by atoms with Crippen LogP contribution in [-0.2, 0) is 0 Å². The lowest BCUT2D eigenvalue weighted by atomic mass is 9.96. The van der Waals surface area contributed by atoms with Crippen LogP contribution in [0, 0.1) is 0 Å². The average molecular weight is 221 g/mol. The van der Waals surface area contributed by atoms with Gasteiger partial charge in [-0.2, -0.15) is 5.10 Å². The van der Waals surface area contributed by atoms with E-state index in [0.717, 1.165) is 0 Å². The molecule has 0 aromatic carbocycles. The minimum absolute atomic E-state index is 0.0297. The van der Waals surface area contributed by atoms with Gasteiger partial charge in [0.25, 0.3) is 5.91 Å². The van der Waals surface area contributed by atoms with Gasteiger partial charge in [0.15, 0.2) is 0 Å². The second-order valence-electron chi connectivity index (χ2n) is 4.70. The fourth-order valence-corrected chi connectivity index (χ4v) is 2.25. The van der Waals surface area contributed by atoms with Gasteiger partial charge in [-0.05, 0) is 12.8 Å². The monoisotopic (exact) mass is 221 g/mol. The Balaban J connectivity index is 2.09. The quantitative estimate of drug-likeness (QED) is 0.767. The summed E-state index contributed by atoms with van der Waals surface area (Å²) in [6.07, 6.45) is 9.84. The molecule has 1 aromatic rings. The fraction of sp³-hybridized carbons (Fsp3) is 0.667. The molecule has 1 saturated carbocycles. The van der Waals surface area contributed by atoms with Crippen LogP contribution in [-0.4, -0.2) is 34.7 Å². The van der Waals surface area contributed by atoms with Crippen LogP contribution in [0.25, 0.3) is 0 Å². The van der Waals surface area contributed by atoms with Gasteiger partial charge < -0.3 is 4.90 Å². The molecule has 0 N–H and O–H groups in total. The Morgan fingerprint density at radius 2 is 2.06 bits per heavy atom. The molecule has 0 spiro atoms. The maximum atomic E-state index is 11.7. The highest BCUT2D eigenvalue weighted by Crippen LogP contribution is 2.27. The molecule has 1 aromatic heterocycles. The van der Waals surface area contributed by atoms with E-state index in [9.17, 15) is 4.79 Å². The summed E-state index contributed by atoms with van der Waals surface area (Å²) in [6.45, 7) is 0. The Labute approximate surface area is 96.2 Å². The van der Waals surface area contributed by atoms with Crippen LogP contribution >= 0.6 is 0 Å². The first kappa shape index (κ1) is 11.2. The van der Waals surface area contributed by atoms with Crippen LogP contribution in [0.4, 0.5) is 0 Å². The van der Waals surface area contributed by atoms with Crippen LogP contribution in [0.2, 0.25) is 0 Å². The van der Waals surface area contributed by atoms with Crippen LogP contribution in [0.15, 0.2) is 12.4 Å². The van der Waals surface area contributed by atoms with E-state index in [1.807, 2.05) is 10.9 Å². The second-order valence-corrected chi connectivity index (χ2v) is 4.70. The third-order valence-corrected chi connectivity index (χ3v) is 3.20. The predicted octanol–water partition coefficient (Wildman–Crippen LogP) is 2.09. The molecule has 88 valence electrons. The molecule has 4 nitrogen and oxygen atoms in total. The second kappa shape index (κ2) is 4.68. The van der Waals surface area contributed by atoms with Crippen molar-refractivity contribution in [2.24, 2.45) is 0 Å². The maximum absolute atomic E-state index is 11.7. The first-order valence-corrected chi connectivity index (χ1v) is 5.94. The molecule has 1 aliphatic carbocycles. The third kappa shape index (κ3) is 2.26. The summed E-state index contributed by atoms with van der Waals surface area (Å²) in [4.78, 5) is 13.3. The SMILES string of the molecule is CN(C)C(=O)c1cnn(C2CCCCC2)c1. The summed E-state index contributed by atoms with van der Waals surface area (Å²) >= 11 is 0. The van der Waals surface area contributed by atoms with Gasteiger partial charge in [0.1, 0.15) is 0 Å². The summed E-state index contributed by atoms with van der Waals surface area (Å²) in [5.41, 5.74) is 0.690. The summed E-state index contributed by atoms with van der Waals surface area (Å²) < 4.78 is 1.97. The van der Waals surface area contributed by atoms with Gasteiger partial charge in [-0.15, -0.1) is 0 Å². The molecule has 1 fully saturated rings. The average Bonchev–Trinajstić information content (AvgIpc) is 2.78. The molecule has 16 heavy (non-hydrogen) atoms. The highest BCUT2D eigenvalue weighted by atomic mass is 16.2. The number of hydrogen-bond donors (Lipinski definition) is 0. The minimum atomic E-state index is 0.0297. The zero-order chi connectivity index (χ0) is 11.5. The van der Waals surface area contributed by atoms with E-state index < -0.39 is 0 Å². The Bertz CT molecular complexity index is 364. The summed E-state index contributed by atoms with van der Waals surface area (Å²) in [7, 11) is 3.53. The molecule has 2 rings (SSSR count). The largest absolute Gasteiger partial charge is 0.345 e. The fourth-order valence-electron chi connectivity index (χ4n) is 2.25. The molecule has 0 saturated heterocycles. The highest BCUT2D eigenvalue weighted by molar-refractivity contribution is 5.93. The molecule has 1 aliphatic rings. The predicted molar refractivity (Wildman–Crippen MR) is 62.4 cm³/mol. The van der Waals surface area contributed by atoms with Gasteiger partial charge in [-0.25, -0.2) is 0 Å². The topological polar surface area (TPSA) is 38.1 Å². The van der Waals surface area contributed by atoms with Crippen molar-refractivity contribution in [2.45, 2.75) is 38.1 Å². The van der Waals surface area contributed by atoms with E-state index in [1.54, 1.807) is 25.2 Å². The Morgan fingerprint density at radius 3 is 2.69 bits per heavy atom. The van der Waals surface area contributed by atoms with Crippen molar-refractivity contribution < 1.29 is 4.79 Å². The van der Waals surface area contributed by atoms with E-state index in [0.29, 0.717) is 11.6 Å². The lowest BCUT2D eigenvalue weighted by molar-refractivity contribution is 0.0827. The maximum Gasteiger partial charge on any atom is 0.256 e. The molecule has 0 radical (unpaired) electrons. The Morgan fingerprint density at radius 1 is 1.38 bits per heavy atom. The molecule has 1 heterocycles. The number of nitrogens with zero attached hydrogens (tertiary/aromatic N) is 3. The van der Waals surface area contributed by atoms with Crippen molar-refractivity contribution in [1.29, 1.82) is 0 Å². The lowest BCUT2D eigenvalue weighted by Gasteiger charge is -2.21. The molecule has 4 heteroatoms. The number of carbonyl (C=O) groups excluding carboxylic acids is 1. The Kier molecular flexibility index (Phi) is 3.27. The van der Waals surface area contributed by atoms with E-state index >= 15 is 0 Å². The van der Waals surface area contributed by atoms with Crippen molar-refractivity contribution in [3.63, 3.8) is 0 Å². The molecule has 0 bridgehead atoms. The van der Waals surface area contributed by atoms with Crippen molar-refractivity contribution in [2.75, 3.05) is 14.1 Å². The van der Waals surface area contributed by atoms with E-state index in [-0.39, 0.29) is 5.91 Å².